The molecule has 2 atom stereocenters. The predicted molar refractivity (Wildman–Crippen MR) is 96.5 cm³/mol. The Morgan fingerprint density at radius 2 is 1.67 bits per heavy atom. The number of para-hydroxylation sites is 1. The monoisotopic (exact) mass is 325 g/mol. The molecule has 5 nitrogen and oxygen atoms in total. The Bertz CT molecular complexity index is 701. The van der Waals surface area contributed by atoms with E-state index in [-0.39, 0.29) is 5.92 Å². The van der Waals surface area contributed by atoms with Gasteiger partial charge in [0.2, 0.25) is 5.91 Å². The maximum absolute atomic E-state index is 12.3. The molecule has 3 amide bonds. The van der Waals surface area contributed by atoms with Crippen LogP contribution in [0.15, 0.2) is 54.6 Å². The van der Waals surface area contributed by atoms with Gasteiger partial charge >= 0.3 is 6.03 Å². The van der Waals surface area contributed by atoms with E-state index in [1.54, 1.807) is 0 Å². The molecule has 2 aromatic rings. The van der Waals surface area contributed by atoms with Crippen LogP contribution < -0.4 is 16.4 Å². The van der Waals surface area contributed by atoms with Crippen molar-refractivity contribution in [3.63, 3.8) is 0 Å². The highest BCUT2D eigenvalue weighted by molar-refractivity contribution is 5.96. The lowest BCUT2D eigenvalue weighted by Gasteiger charge is -2.21. The number of nitrogens with one attached hydrogen (secondary N) is 2. The van der Waals surface area contributed by atoms with Crippen molar-refractivity contribution < 1.29 is 9.59 Å². The summed E-state index contributed by atoms with van der Waals surface area (Å²) >= 11 is 0. The highest BCUT2D eigenvalue weighted by atomic mass is 16.2. The lowest BCUT2D eigenvalue weighted by atomic mass is 9.99. The van der Waals surface area contributed by atoms with Gasteiger partial charge in [0, 0.05) is 5.56 Å². The summed E-state index contributed by atoms with van der Waals surface area (Å²) in [5, 5.41) is 5.49. The molecule has 2 rings (SSSR count). The number of anilines is 1. The van der Waals surface area contributed by atoms with Crippen LogP contribution in [0.5, 0.6) is 0 Å². The van der Waals surface area contributed by atoms with Crippen LogP contribution in [0.25, 0.3) is 11.1 Å². The molecule has 126 valence electrons. The van der Waals surface area contributed by atoms with Crippen molar-refractivity contribution in [3.05, 3.63) is 54.6 Å². The number of benzene rings is 2. The van der Waals surface area contributed by atoms with Gasteiger partial charge in [0.25, 0.3) is 0 Å². The minimum atomic E-state index is -0.695. The minimum absolute atomic E-state index is 0.0300. The third-order valence-electron chi connectivity index (χ3n) is 4.07. The predicted octanol–water partition coefficient (Wildman–Crippen LogP) is 3.38. The first-order valence-electron chi connectivity index (χ1n) is 8.04. The van der Waals surface area contributed by atoms with Crippen molar-refractivity contribution in [1.29, 1.82) is 0 Å². The lowest BCUT2D eigenvalue weighted by molar-refractivity contribution is -0.120. The standard InChI is InChI=1S/C19H23N3O2/c1-3-13(2)17(18(20)23)22-19(24)21-16-12-8-7-11-15(16)14-9-5-4-6-10-14/h4-13,17H,3H2,1-2H3,(H2,20,23)(H2,21,22,24)/t13-,17+/m0/s1. The molecule has 0 aromatic heterocycles. The number of carbonyl (C=O) groups excluding carboxylic acids is 2. The Balaban J connectivity index is 2.17. The number of hydrogen-bond donors (Lipinski definition) is 3. The molecule has 24 heavy (non-hydrogen) atoms. The minimum Gasteiger partial charge on any atom is -0.368 e. The van der Waals surface area contributed by atoms with Crippen molar-refractivity contribution in [2.75, 3.05) is 5.32 Å². The second-order valence-electron chi connectivity index (χ2n) is 5.78. The van der Waals surface area contributed by atoms with E-state index in [0.29, 0.717) is 5.69 Å². The SMILES string of the molecule is CC[C@H](C)[C@@H](NC(=O)Nc1ccccc1-c1ccccc1)C(N)=O. The first-order chi connectivity index (χ1) is 11.5. The van der Waals surface area contributed by atoms with E-state index >= 15 is 0 Å². The Hall–Kier alpha value is -2.82. The molecular weight excluding hydrogens is 302 g/mol. The Morgan fingerprint density at radius 3 is 2.29 bits per heavy atom. The number of primary amides is 1. The number of hydrogen-bond acceptors (Lipinski definition) is 2. The van der Waals surface area contributed by atoms with E-state index in [9.17, 15) is 9.59 Å². The topological polar surface area (TPSA) is 84.2 Å². The molecule has 0 saturated heterocycles. The molecule has 0 aliphatic heterocycles. The molecule has 0 fully saturated rings. The third-order valence-corrected chi connectivity index (χ3v) is 4.07. The van der Waals surface area contributed by atoms with E-state index in [1.807, 2.05) is 68.4 Å². The first kappa shape index (κ1) is 17.5. The number of urea groups is 1. The molecule has 0 bridgehead atoms. The molecule has 2 aromatic carbocycles. The van der Waals surface area contributed by atoms with Crippen molar-refractivity contribution in [2.24, 2.45) is 11.7 Å². The normalized spacial score (nSPS) is 12.9. The highest BCUT2D eigenvalue weighted by Crippen LogP contribution is 2.27. The molecule has 0 radical (unpaired) electrons. The summed E-state index contributed by atoms with van der Waals surface area (Å²) in [5.74, 6) is -0.562. The van der Waals surface area contributed by atoms with Crippen molar-refractivity contribution in [2.45, 2.75) is 26.3 Å². The third kappa shape index (κ3) is 4.35. The molecule has 5 heteroatoms. The molecular formula is C19H23N3O2. The van der Waals surface area contributed by atoms with Gasteiger partial charge in [0.15, 0.2) is 0 Å². The summed E-state index contributed by atoms with van der Waals surface area (Å²) in [4.78, 5) is 23.9. The fourth-order valence-electron chi connectivity index (χ4n) is 2.49. The Morgan fingerprint density at radius 1 is 1.04 bits per heavy atom. The largest absolute Gasteiger partial charge is 0.368 e. The van der Waals surface area contributed by atoms with Crippen LogP contribution in [0, 0.1) is 5.92 Å². The summed E-state index contributed by atoms with van der Waals surface area (Å²) in [5.41, 5.74) is 7.98. The van der Waals surface area contributed by atoms with Crippen LogP contribution in [-0.4, -0.2) is 18.0 Å². The van der Waals surface area contributed by atoms with Crippen LogP contribution in [0.3, 0.4) is 0 Å². The summed E-state index contributed by atoms with van der Waals surface area (Å²) in [6.07, 6.45) is 0.745. The van der Waals surface area contributed by atoms with Gasteiger partial charge < -0.3 is 16.4 Å². The molecule has 0 heterocycles. The first-order valence-corrected chi connectivity index (χ1v) is 8.04. The number of rotatable bonds is 6. The van der Waals surface area contributed by atoms with Crippen molar-refractivity contribution in [3.8, 4) is 11.1 Å². The molecule has 0 saturated carbocycles. The van der Waals surface area contributed by atoms with Gasteiger partial charge in [-0.15, -0.1) is 0 Å². The zero-order valence-electron chi connectivity index (χ0n) is 14.0. The van der Waals surface area contributed by atoms with Gasteiger partial charge in [-0.2, -0.15) is 0 Å². The van der Waals surface area contributed by atoms with E-state index < -0.39 is 18.0 Å². The highest BCUT2D eigenvalue weighted by Gasteiger charge is 2.23. The second-order valence-corrected chi connectivity index (χ2v) is 5.78. The van der Waals surface area contributed by atoms with E-state index in [1.165, 1.54) is 0 Å². The average molecular weight is 325 g/mol. The maximum Gasteiger partial charge on any atom is 0.319 e. The number of nitrogens with two attached hydrogens (primary N) is 1. The van der Waals surface area contributed by atoms with Gasteiger partial charge in [0.1, 0.15) is 6.04 Å². The van der Waals surface area contributed by atoms with Crippen LogP contribution in [0.2, 0.25) is 0 Å². The summed E-state index contributed by atoms with van der Waals surface area (Å²) in [6.45, 7) is 3.83. The second kappa shape index (κ2) is 8.15. The fourth-order valence-corrected chi connectivity index (χ4v) is 2.49. The summed E-state index contributed by atoms with van der Waals surface area (Å²) in [7, 11) is 0. The van der Waals surface area contributed by atoms with Crippen molar-refractivity contribution >= 4 is 17.6 Å². The van der Waals surface area contributed by atoms with Crippen LogP contribution in [0.1, 0.15) is 20.3 Å². The molecule has 0 aliphatic rings. The fraction of sp³-hybridized carbons (Fsp3) is 0.263. The number of carbonyl (C=O) groups is 2. The van der Waals surface area contributed by atoms with Crippen molar-refractivity contribution in [1.82, 2.24) is 5.32 Å². The Labute approximate surface area is 142 Å². The van der Waals surface area contributed by atoms with Gasteiger partial charge in [-0.3, -0.25) is 4.79 Å². The van der Waals surface area contributed by atoms with E-state index in [4.69, 9.17) is 5.73 Å². The van der Waals surface area contributed by atoms with Gasteiger partial charge in [-0.05, 0) is 17.5 Å². The van der Waals surface area contributed by atoms with Crippen LogP contribution in [-0.2, 0) is 4.79 Å². The van der Waals surface area contributed by atoms with E-state index in [0.717, 1.165) is 17.5 Å². The average Bonchev–Trinajstić information content (AvgIpc) is 2.60. The quantitative estimate of drug-likeness (QED) is 0.760. The van der Waals surface area contributed by atoms with Gasteiger partial charge in [-0.25, -0.2) is 4.79 Å². The number of amides is 3. The van der Waals surface area contributed by atoms with E-state index in [2.05, 4.69) is 10.6 Å². The van der Waals surface area contributed by atoms with Gasteiger partial charge in [-0.1, -0.05) is 68.8 Å². The maximum atomic E-state index is 12.3. The summed E-state index contributed by atoms with van der Waals surface area (Å²) in [6, 6.07) is 16.2. The van der Waals surface area contributed by atoms with Crippen LogP contribution in [0.4, 0.5) is 10.5 Å². The molecule has 0 aliphatic carbocycles. The summed E-state index contributed by atoms with van der Waals surface area (Å²) < 4.78 is 0. The Kier molecular flexibility index (Phi) is 5.95. The molecule has 0 unspecified atom stereocenters. The molecule has 0 spiro atoms. The zero-order chi connectivity index (χ0) is 17.5. The van der Waals surface area contributed by atoms with Gasteiger partial charge in [0.05, 0.1) is 5.69 Å². The lowest BCUT2D eigenvalue weighted by Crippen LogP contribution is -2.49. The van der Waals surface area contributed by atoms with Crippen LogP contribution >= 0.6 is 0 Å². The zero-order valence-corrected chi connectivity index (χ0v) is 14.0. The smallest absolute Gasteiger partial charge is 0.319 e. The molecule has 4 N–H and O–H groups in total.